The Morgan fingerprint density at radius 1 is 1.11 bits per heavy atom. The molecule has 18 heavy (non-hydrogen) atoms. The van der Waals surface area contributed by atoms with Crippen molar-refractivity contribution in [3.8, 4) is 0 Å². The second-order valence-electron chi connectivity index (χ2n) is 7.29. The fraction of sp³-hybridized carbons (Fsp3) is 1.00. The molecular weight excluding hydrogens is 272 g/mol. The van der Waals surface area contributed by atoms with Crippen LogP contribution in [0.2, 0.25) is 5.04 Å². The lowest BCUT2D eigenvalue weighted by molar-refractivity contribution is 0.00927. The van der Waals surface area contributed by atoms with Gasteiger partial charge in [-0.1, -0.05) is 61.8 Å². The van der Waals surface area contributed by atoms with Crippen molar-refractivity contribution in [2.24, 2.45) is 16.7 Å². The van der Waals surface area contributed by atoms with Crippen LogP contribution in [0.25, 0.3) is 0 Å². The molecule has 110 valence electrons. The zero-order chi connectivity index (χ0) is 14.6. The molecule has 0 heterocycles. The summed E-state index contributed by atoms with van der Waals surface area (Å²) in [7, 11) is -0.370. The van der Waals surface area contributed by atoms with E-state index in [9.17, 15) is 0 Å². The van der Waals surface area contributed by atoms with Crippen LogP contribution < -0.4 is 0 Å². The minimum Gasteiger partial charge on any atom is -0.449 e. The van der Waals surface area contributed by atoms with Crippen LogP contribution >= 0.6 is 0 Å². The molecule has 0 fully saturated rings. The molecule has 0 N–H and O–H groups in total. The SMILES string of the molecule is CCC(C)C(C)(C)C(C)(C)C(C)(C)[SiH2]O[SiH2]O[SiH3]. The van der Waals surface area contributed by atoms with E-state index in [2.05, 4.69) is 55.4 Å². The van der Waals surface area contributed by atoms with Crippen molar-refractivity contribution in [3.05, 3.63) is 0 Å². The van der Waals surface area contributed by atoms with Gasteiger partial charge in [-0.2, -0.15) is 0 Å². The van der Waals surface area contributed by atoms with Crippen LogP contribution in [0.4, 0.5) is 0 Å². The summed E-state index contributed by atoms with van der Waals surface area (Å²) in [5.41, 5.74) is 0.603. The van der Waals surface area contributed by atoms with Gasteiger partial charge in [0.25, 0.3) is 10.0 Å². The molecule has 0 bridgehead atoms. The Hall–Kier alpha value is 0.571. The fourth-order valence-corrected chi connectivity index (χ4v) is 7.92. The third kappa shape index (κ3) is 3.79. The molecule has 0 spiro atoms. The molecule has 0 saturated carbocycles. The van der Waals surface area contributed by atoms with Crippen molar-refractivity contribution < 1.29 is 8.23 Å². The number of hydrogen-bond donors (Lipinski definition) is 0. The molecule has 0 aliphatic rings. The highest BCUT2D eigenvalue weighted by molar-refractivity contribution is 6.44. The summed E-state index contributed by atoms with van der Waals surface area (Å²) in [5.74, 6) is 0.729. The van der Waals surface area contributed by atoms with Gasteiger partial charge in [0.1, 0.15) is 10.5 Å². The average Bonchev–Trinajstić information content (AvgIpc) is 2.27. The quantitative estimate of drug-likeness (QED) is 0.502. The van der Waals surface area contributed by atoms with Gasteiger partial charge in [0.05, 0.1) is 0 Å². The third-order valence-corrected chi connectivity index (χ3v) is 9.84. The lowest BCUT2D eigenvalue weighted by Gasteiger charge is -2.54. The third-order valence-electron chi connectivity index (χ3n) is 5.81. The zero-order valence-electron chi connectivity index (χ0n) is 14.0. The van der Waals surface area contributed by atoms with Crippen molar-refractivity contribution in [3.63, 3.8) is 0 Å². The second kappa shape index (κ2) is 6.83. The molecule has 0 amide bonds. The fourth-order valence-electron chi connectivity index (χ4n) is 2.56. The first-order valence-corrected chi connectivity index (χ1v) is 10.4. The summed E-state index contributed by atoms with van der Waals surface area (Å²) in [5, 5.41) is 0.299. The first-order chi connectivity index (χ1) is 8.04. The molecule has 0 aromatic carbocycles. The molecule has 0 radical (unpaired) electrons. The van der Waals surface area contributed by atoms with Crippen molar-refractivity contribution in [1.82, 2.24) is 0 Å². The molecule has 1 atom stereocenters. The Labute approximate surface area is 122 Å². The van der Waals surface area contributed by atoms with E-state index in [1.165, 1.54) is 6.42 Å². The van der Waals surface area contributed by atoms with Gasteiger partial charge >= 0.3 is 0 Å². The Kier molecular flexibility index (Phi) is 7.05. The van der Waals surface area contributed by atoms with Crippen molar-refractivity contribution >= 4 is 30.3 Å². The summed E-state index contributed by atoms with van der Waals surface area (Å²) in [6.45, 7) is 19.2. The van der Waals surface area contributed by atoms with Gasteiger partial charge < -0.3 is 8.23 Å². The molecule has 1 unspecified atom stereocenters. The van der Waals surface area contributed by atoms with Gasteiger partial charge in [0.2, 0.25) is 0 Å². The van der Waals surface area contributed by atoms with Crippen LogP contribution in [0, 0.1) is 16.7 Å². The summed E-state index contributed by atoms with van der Waals surface area (Å²) < 4.78 is 11.2. The molecular formula is C13H34O2Si3. The largest absolute Gasteiger partial charge is 0.449 e. The lowest BCUT2D eigenvalue weighted by atomic mass is 9.56. The van der Waals surface area contributed by atoms with E-state index in [1.807, 2.05) is 0 Å². The Morgan fingerprint density at radius 2 is 1.61 bits per heavy atom. The van der Waals surface area contributed by atoms with E-state index in [0.29, 0.717) is 10.5 Å². The number of rotatable bonds is 8. The normalized spacial score (nSPS) is 17.3. The van der Waals surface area contributed by atoms with E-state index in [1.54, 1.807) is 0 Å². The highest BCUT2D eigenvalue weighted by Gasteiger charge is 2.49. The maximum atomic E-state index is 5.93. The van der Waals surface area contributed by atoms with Crippen LogP contribution in [0.5, 0.6) is 0 Å². The Bertz CT molecular complexity index is 253. The van der Waals surface area contributed by atoms with Gasteiger partial charge in [-0.3, -0.25) is 0 Å². The topological polar surface area (TPSA) is 18.5 Å². The van der Waals surface area contributed by atoms with Gasteiger partial charge in [0.15, 0.2) is 9.76 Å². The van der Waals surface area contributed by atoms with Crippen molar-refractivity contribution in [2.75, 3.05) is 0 Å². The van der Waals surface area contributed by atoms with E-state index in [0.717, 1.165) is 16.4 Å². The number of hydrogen-bond acceptors (Lipinski definition) is 2. The maximum absolute atomic E-state index is 5.93. The van der Waals surface area contributed by atoms with Gasteiger partial charge in [-0.15, -0.1) is 0 Å². The van der Waals surface area contributed by atoms with Crippen LogP contribution in [-0.4, -0.2) is 30.3 Å². The minimum atomic E-state index is -0.661. The Balaban J connectivity index is 4.97. The second-order valence-corrected chi connectivity index (χ2v) is 13.5. The summed E-state index contributed by atoms with van der Waals surface area (Å²) in [4.78, 5) is 0. The maximum Gasteiger partial charge on any atom is 0.282 e. The highest BCUT2D eigenvalue weighted by Crippen LogP contribution is 2.58. The van der Waals surface area contributed by atoms with Gasteiger partial charge in [-0.25, -0.2) is 0 Å². The molecule has 0 aromatic rings. The molecule has 2 nitrogen and oxygen atoms in total. The van der Waals surface area contributed by atoms with Crippen molar-refractivity contribution in [1.29, 1.82) is 0 Å². The van der Waals surface area contributed by atoms with E-state index < -0.39 is 19.8 Å². The predicted molar refractivity (Wildman–Crippen MR) is 90.3 cm³/mol. The monoisotopic (exact) mass is 306 g/mol. The van der Waals surface area contributed by atoms with Crippen LogP contribution in [0.3, 0.4) is 0 Å². The first-order valence-electron chi connectivity index (χ1n) is 7.11. The molecule has 0 aliphatic carbocycles. The molecule has 0 rings (SSSR count). The summed E-state index contributed by atoms with van der Waals surface area (Å²) >= 11 is 0. The zero-order valence-corrected chi connectivity index (χ0v) is 18.8. The molecule has 0 aromatic heterocycles. The van der Waals surface area contributed by atoms with Gasteiger partial charge in [-0.05, 0) is 21.8 Å². The van der Waals surface area contributed by atoms with E-state index >= 15 is 0 Å². The molecule has 5 heteroatoms. The van der Waals surface area contributed by atoms with Crippen molar-refractivity contribution in [2.45, 2.75) is 66.8 Å². The summed E-state index contributed by atoms with van der Waals surface area (Å²) in [6, 6.07) is 0. The average molecular weight is 307 g/mol. The van der Waals surface area contributed by atoms with Crippen LogP contribution in [-0.2, 0) is 8.23 Å². The van der Waals surface area contributed by atoms with Gasteiger partial charge in [0, 0.05) is 0 Å². The minimum absolute atomic E-state index is 0.279. The smallest absolute Gasteiger partial charge is 0.282 e. The molecule has 0 aliphatic heterocycles. The highest BCUT2D eigenvalue weighted by atomic mass is 28.3. The standard InChI is InChI=1S/C13H34O2Si3/c1-9-10(2)11(3,4)12(5,6)13(7,8)17-15-18-14-16/h10H,9,17-18H2,1-8,16H3. The Morgan fingerprint density at radius 3 is 2.00 bits per heavy atom. The summed E-state index contributed by atoms with van der Waals surface area (Å²) in [6.07, 6.45) is 1.24. The van der Waals surface area contributed by atoms with E-state index in [-0.39, 0.29) is 5.41 Å². The predicted octanol–water partition coefficient (Wildman–Crippen LogP) is 1.68. The van der Waals surface area contributed by atoms with Crippen LogP contribution in [0.15, 0.2) is 0 Å². The van der Waals surface area contributed by atoms with E-state index in [4.69, 9.17) is 8.23 Å². The lowest BCUT2D eigenvalue weighted by Crippen LogP contribution is -2.47. The first kappa shape index (κ1) is 18.6. The molecule has 0 saturated heterocycles. The van der Waals surface area contributed by atoms with Crippen LogP contribution in [0.1, 0.15) is 61.8 Å².